The summed E-state index contributed by atoms with van der Waals surface area (Å²) in [7, 11) is 1.63. The Labute approximate surface area is 130 Å². The molecule has 1 N–H and O–H groups in total. The molecule has 0 saturated carbocycles. The SMILES string of the molecule is CCN(CC)C(=O)CN(C)C(=O)c1n[nH]c2ccc(C)cc12. The second kappa shape index (κ2) is 6.60. The van der Waals surface area contributed by atoms with E-state index in [4.69, 9.17) is 0 Å². The van der Waals surface area contributed by atoms with E-state index in [2.05, 4.69) is 10.2 Å². The fraction of sp³-hybridized carbons (Fsp3) is 0.438. The molecule has 2 rings (SSSR count). The Morgan fingerprint density at radius 3 is 2.55 bits per heavy atom. The molecular weight excluding hydrogens is 280 g/mol. The third-order valence-electron chi connectivity index (χ3n) is 3.76. The molecule has 6 nitrogen and oxygen atoms in total. The van der Waals surface area contributed by atoms with Gasteiger partial charge < -0.3 is 9.80 Å². The lowest BCUT2D eigenvalue weighted by Crippen LogP contribution is -2.41. The van der Waals surface area contributed by atoms with E-state index in [1.54, 1.807) is 11.9 Å². The first-order valence-corrected chi connectivity index (χ1v) is 7.45. The second-order valence-corrected chi connectivity index (χ2v) is 5.35. The van der Waals surface area contributed by atoms with Crippen LogP contribution < -0.4 is 0 Å². The van der Waals surface area contributed by atoms with Crippen molar-refractivity contribution in [2.75, 3.05) is 26.7 Å². The van der Waals surface area contributed by atoms with Crippen LogP contribution in [0.1, 0.15) is 29.9 Å². The molecule has 1 heterocycles. The van der Waals surface area contributed by atoms with Crippen molar-refractivity contribution in [3.8, 4) is 0 Å². The molecule has 2 amide bonds. The van der Waals surface area contributed by atoms with Crippen LogP contribution in [0.5, 0.6) is 0 Å². The number of hydrogen-bond donors (Lipinski definition) is 1. The molecule has 118 valence electrons. The van der Waals surface area contributed by atoms with Crippen molar-refractivity contribution in [1.82, 2.24) is 20.0 Å². The van der Waals surface area contributed by atoms with Gasteiger partial charge in [-0.25, -0.2) is 0 Å². The molecule has 0 saturated heterocycles. The van der Waals surface area contributed by atoms with Crippen LogP contribution in [0.2, 0.25) is 0 Å². The number of fused-ring (bicyclic) bond motifs is 1. The Bertz CT molecular complexity index is 689. The number of aromatic nitrogens is 2. The van der Waals surface area contributed by atoms with E-state index in [-0.39, 0.29) is 18.4 Å². The van der Waals surface area contributed by atoms with Crippen LogP contribution in [0, 0.1) is 6.92 Å². The number of amides is 2. The minimum atomic E-state index is -0.252. The topological polar surface area (TPSA) is 69.3 Å². The van der Waals surface area contributed by atoms with Gasteiger partial charge in [-0.1, -0.05) is 11.6 Å². The van der Waals surface area contributed by atoms with E-state index in [1.165, 1.54) is 4.90 Å². The van der Waals surface area contributed by atoms with Gasteiger partial charge in [-0.15, -0.1) is 0 Å². The van der Waals surface area contributed by atoms with Crippen molar-refractivity contribution in [3.63, 3.8) is 0 Å². The van der Waals surface area contributed by atoms with Gasteiger partial charge in [-0.3, -0.25) is 14.7 Å². The number of carbonyl (C=O) groups is 2. The van der Waals surface area contributed by atoms with Crippen molar-refractivity contribution < 1.29 is 9.59 Å². The summed E-state index contributed by atoms with van der Waals surface area (Å²) >= 11 is 0. The summed E-state index contributed by atoms with van der Waals surface area (Å²) in [5.74, 6) is -0.311. The normalized spacial score (nSPS) is 10.7. The molecule has 1 aromatic heterocycles. The van der Waals surface area contributed by atoms with E-state index in [1.807, 2.05) is 39.0 Å². The van der Waals surface area contributed by atoms with Crippen LogP contribution in [0.4, 0.5) is 0 Å². The Morgan fingerprint density at radius 1 is 1.23 bits per heavy atom. The van der Waals surface area contributed by atoms with E-state index >= 15 is 0 Å². The van der Waals surface area contributed by atoms with Crippen molar-refractivity contribution in [2.45, 2.75) is 20.8 Å². The lowest BCUT2D eigenvalue weighted by Gasteiger charge is -2.22. The summed E-state index contributed by atoms with van der Waals surface area (Å²) in [6.07, 6.45) is 0. The van der Waals surface area contributed by atoms with Crippen LogP contribution in [0.25, 0.3) is 10.9 Å². The molecule has 0 atom stereocenters. The summed E-state index contributed by atoms with van der Waals surface area (Å²) in [4.78, 5) is 27.8. The number of nitrogens with one attached hydrogen (secondary N) is 1. The number of aryl methyl sites for hydroxylation is 1. The lowest BCUT2D eigenvalue weighted by atomic mass is 10.1. The quantitative estimate of drug-likeness (QED) is 0.916. The van der Waals surface area contributed by atoms with Gasteiger partial charge in [0, 0.05) is 25.5 Å². The highest BCUT2D eigenvalue weighted by Crippen LogP contribution is 2.18. The molecule has 0 aliphatic heterocycles. The van der Waals surface area contributed by atoms with Gasteiger partial charge in [0.1, 0.15) is 0 Å². The molecule has 0 fully saturated rings. The zero-order valence-electron chi connectivity index (χ0n) is 13.5. The van der Waals surface area contributed by atoms with Crippen molar-refractivity contribution >= 4 is 22.7 Å². The molecule has 22 heavy (non-hydrogen) atoms. The van der Waals surface area contributed by atoms with Gasteiger partial charge in [0.25, 0.3) is 5.91 Å². The Kier molecular flexibility index (Phi) is 4.80. The smallest absolute Gasteiger partial charge is 0.275 e. The van der Waals surface area contributed by atoms with Crippen molar-refractivity contribution in [2.24, 2.45) is 0 Å². The molecule has 0 aliphatic carbocycles. The Morgan fingerprint density at radius 2 is 1.91 bits per heavy atom. The van der Waals surface area contributed by atoms with Crippen LogP contribution in [-0.2, 0) is 4.79 Å². The number of likely N-dealkylation sites (N-methyl/N-ethyl adjacent to an activating group) is 2. The number of nitrogens with zero attached hydrogens (tertiary/aromatic N) is 3. The maximum absolute atomic E-state index is 12.5. The van der Waals surface area contributed by atoms with Gasteiger partial charge in [0.2, 0.25) is 5.91 Å². The highest BCUT2D eigenvalue weighted by atomic mass is 16.2. The zero-order valence-corrected chi connectivity index (χ0v) is 13.5. The zero-order chi connectivity index (χ0) is 16.3. The summed E-state index contributed by atoms with van der Waals surface area (Å²) < 4.78 is 0. The maximum Gasteiger partial charge on any atom is 0.275 e. The molecule has 6 heteroatoms. The standard InChI is InChI=1S/C16H22N4O2/c1-5-20(6-2)14(21)10-19(4)16(22)15-12-9-11(3)7-8-13(12)17-18-15/h7-9H,5-6,10H2,1-4H3,(H,17,18). The molecule has 2 aromatic rings. The van der Waals surface area contributed by atoms with E-state index in [0.717, 1.165) is 16.5 Å². The van der Waals surface area contributed by atoms with Crippen LogP contribution in [0.3, 0.4) is 0 Å². The average molecular weight is 302 g/mol. The van der Waals surface area contributed by atoms with E-state index < -0.39 is 0 Å². The monoisotopic (exact) mass is 302 g/mol. The van der Waals surface area contributed by atoms with E-state index in [9.17, 15) is 9.59 Å². The minimum absolute atomic E-state index is 0.0562. The predicted molar refractivity (Wildman–Crippen MR) is 85.7 cm³/mol. The van der Waals surface area contributed by atoms with Gasteiger partial charge in [0.05, 0.1) is 12.1 Å². The predicted octanol–water partition coefficient (Wildman–Crippen LogP) is 1.81. The lowest BCUT2D eigenvalue weighted by molar-refractivity contribution is -0.131. The number of benzene rings is 1. The molecule has 0 aliphatic rings. The average Bonchev–Trinajstić information content (AvgIpc) is 2.90. The van der Waals surface area contributed by atoms with Gasteiger partial charge in [0.15, 0.2) is 5.69 Å². The first-order valence-electron chi connectivity index (χ1n) is 7.45. The molecule has 0 spiro atoms. The minimum Gasteiger partial charge on any atom is -0.342 e. The highest BCUT2D eigenvalue weighted by Gasteiger charge is 2.21. The van der Waals surface area contributed by atoms with Gasteiger partial charge in [-0.05, 0) is 32.9 Å². The maximum atomic E-state index is 12.5. The van der Waals surface area contributed by atoms with Gasteiger partial charge >= 0.3 is 0 Å². The number of hydrogen-bond acceptors (Lipinski definition) is 3. The summed E-state index contributed by atoms with van der Waals surface area (Å²) in [5, 5.41) is 7.75. The summed E-state index contributed by atoms with van der Waals surface area (Å²) in [6, 6.07) is 5.78. The van der Waals surface area contributed by atoms with Crippen LogP contribution in [0.15, 0.2) is 18.2 Å². The van der Waals surface area contributed by atoms with Crippen LogP contribution in [-0.4, -0.2) is 58.5 Å². The summed E-state index contributed by atoms with van der Waals surface area (Å²) in [5.41, 5.74) is 2.23. The number of aromatic amines is 1. The first-order chi connectivity index (χ1) is 10.5. The van der Waals surface area contributed by atoms with Crippen molar-refractivity contribution in [3.05, 3.63) is 29.5 Å². The van der Waals surface area contributed by atoms with E-state index in [0.29, 0.717) is 18.8 Å². The number of rotatable bonds is 5. The Hall–Kier alpha value is -2.37. The molecule has 1 aromatic carbocycles. The first kappa shape index (κ1) is 16.0. The van der Waals surface area contributed by atoms with Gasteiger partial charge in [-0.2, -0.15) is 5.10 Å². The molecular formula is C16H22N4O2. The molecule has 0 unspecified atom stereocenters. The second-order valence-electron chi connectivity index (χ2n) is 5.35. The largest absolute Gasteiger partial charge is 0.342 e. The number of H-pyrrole nitrogens is 1. The fourth-order valence-corrected chi connectivity index (χ4v) is 2.42. The van der Waals surface area contributed by atoms with Crippen LogP contribution >= 0.6 is 0 Å². The molecule has 0 bridgehead atoms. The van der Waals surface area contributed by atoms with Crippen molar-refractivity contribution in [1.29, 1.82) is 0 Å². The third-order valence-corrected chi connectivity index (χ3v) is 3.76. The molecule has 0 radical (unpaired) electrons. The highest BCUT2D eigenvalue weighted by molar-refractivity contribution is 6.05. The Balaban J connectivity index is 2.19. The summed E-state index contributed by atoms with van der Waals surface area (Å²) in [6.45, 7) is 7.15. The fourth-order valence-electron chi connectivity index (χ4n) is 2.42. The number of carbonyl (C=O) groups excluding carboxylic acids is 2. The third kappa shape index (κ3) is 3.10.